The van der Waals surface area contributed by atoms with Crippen molar-refractivity contribution in [2.24, 2.45) is 0 Å². The first kappa shape index (κ1) is 30.4. The minimum atomic E-state index is -0.561. The van der Waals surface area contributed by atoms with Gasteiger partial charge in [0.05, 0.1) is 5.41 Å². The molecule has 224 valence electrons. The van der Waals surface area contributed by atoms with Crippen molar-refractivity contribution in [3.05, 3.63) is 217 Å². The largest absolute Gasteiger partial charge is 0.0669 e. The van der Waals surface area contributed by atoms with Crippen molar-refractivity contribution in [2.75, 3.05) is 0 Å². The van der Waals surface area contributed by atoms with Crippen molar-refractivity contribution in [3.63, 3.8) is 0 Å². The summed E-state index contributed by atoms with van der Waals surface area (Å²) in [4.78, 5) is 0. The summed E-state index contributed by atoms with van der Waals surface area (Å²) in [7, 11) is 0. The molecule has 0 amide bonds. The molecule has 7 rings (SSSR count). The van der Waals surface area contributed by atoms with Gasteiger partial charge in [-0.15, -0.1) is 0 Å². The van der Waals surface area contributed by atoms with E-state index < -0.39 is 5.41 Å². The lowest BCUT2D eigenvalue weighted by atomic mass is 9.53. The van der Waals surface area contributed by atoms with Crippen molar-refractivity contribution in [2.45, 2.75) is 25.2 Å². The Morgan fingerprint density at radius 2 is 1.00 bits per heavy atom. The van der Waals surface area contributed by atoms with Gasteiger partial charge in [-0.05, 0) is 87.2 Å². The normalized spacial score (nSPS) is 17.9. The quantitative estimate of drug-likeness (QED) is 0.161. The number of rotatable bonds is 6. The van der Waals surface area contributed by atoms with Crippen LogP contribution >= 0.6 is 31.9 Å². The minimum absolute atomic E-state index is 0.0155. The molecule has 0 heterocycles. The average molecular weight is 723 g/mol. The summed E-state index contributed by atoms with van der Waals surface area (Å²) in [5.41, 5.74) is 13.1. The van der Waals surface area contributed by atoms with Crippen molar-refractivity contribution in [1.82, 2.24) is 0 Å². The zero-order chi connectivity index (χ0) is 31.7. The molecule has 0 saturated heterocycles. The van der Waals surface area contributed by atoms with E-state index in [2.05, 4.69) is 210 Å². The first-order valence-corrected chi connectivity index (χ1v) is 17.3. The standard InChI is InChI=1S/C44H34Br2/c1-30-27-35(23-25-40(30)45)38-29-39(32-15-7-3-8-16-32)44(36-21-13-6-14-22-36,37-24-26-41(46)31(2)28-37)43(34-19-11-5-12-20-34)42(38)33-17-9-4-10-18-33/h3-29,39H,1-2H3. The fourth-order valence-electron chi connectivity index (χ4n) is 7.21. The summed E-state index contributed by atoms with van der Waals surface area (Å²) in [5.74, 6) is -0.0155. The maximum Gasteiger partial charge on any atom is 0.0566 e. The van der Waals surface area contributed by atoms with Crippen LogP contribution in [0.3, 0.4) is 0 Å². The van der Waals surface area contributed by atoms with Crippen LogP contribution in [0.2, 0.25) is 0 Å². The average Bonchev–Trinajstić information content (AvgIpc) is 3.11. The molecule has 1 aliphatic rings. The van der Waals surface area contributed by atoms with Crippen LogP contribution < -0.4 is 0 Å². The Morgan fingerprint density at radius 3 is 1.59 bits per heavy atom. The summed E-state index contributed by atoms with van der Waals surface area (Å²) in [5, 5.41) is 0. The Labute approximate surface area is 289 Å². The van der Waals surface area contributed by atoms with E-state index in [1.807, 2.05) is 0 Å². The van der Waals surface area contributed by atoms with E-state index in [0.717, 1.165) is 8.95 Å². The highest BCUT2D eigenvalue weighted by atomic mass is 79.9. The third kappa shape index (κ3) is 5.34. The molecular weight excluding hydrogens is 688 g/mol. The Bertz CT molecular complexity index is 2060. The number of benzene rings is 6. The van der Waals surface area contributed by atoms with Crippen molar-refractivity contribution >= 4 is 48.6 Å². The second-order valence-corrected chi connectivity index (χ2v) is 13.8. The maximum absolute atomic E-state index is 3.82. The van der Waals surface area contributed by atoms with E-state index in [-0.39, 0.29) is 5.92 Å². The van der Waals surface area contributed by atoms with E-state index in [1.165, 1.54) is 61.2 Å². The van der Waals surface area contributed by atoms with E-state index in [1.54, 1.807) is 0 Å². The Balaban J connectivity index is 1.74. The number of hydrogen-bond acceptors (Lipinski definition) is 0. The first-order chi connectivity index (χ1) is 22.5. The third-order valence-corrected chi connectivity index (χ3v) is 11.1. The van der Waals surface area contributed by atoms with Crippen LogP contribution in [0, 0.1) is 13.8 Å². The molecule has 2 unspecified atom stereocenters. The topological polar surface area (TPSA) is 0 Å². The van der Waals surface area contributed by atoms with Crippen molar-refractivity contribution in [1.29, 1.82) is 0 Å². The van der Waals surface area contributed by atoms with Crippen molar-refractivity contribution < 1.29 is 0 Å². The molecule has 0 radical (unpaired) electrons. The molecule has 0 N–H and O–H groups in total. The molecule has 6 aromatic carbocycles. The smallest absolute Gasteiger partial charge is 0.0566 e. The van der Waals surface area contributed by atoms with Crippen LogP contribution in [0.4, 0.5) is 0 Å². The van der Waals surface area contributed by atoms with E-state index in [4.69, 9.17) is 0 Å². The number of allylic oxidation sites excluding steroid dienone is 4. The summed E-state index contributed by atoms with van der Waals surface area (Å²) in [6, 6.07) is 57.9. The molecule has 1 aliphatic carbocycles. The molecule has 0 fully saturated rings. The summed E-state index contributed by atoms with van der Waals surface area (Å²) < 4.78 is 2.23. The van der Waals surface area contributed by atoms with Crippen molar-refractivity contribution in [3.8, 4) is 0 Å². The van der Waals surface area contributed by atoms with Gasteiger partial charge in [-0.25, -0.2) is 0 Å². The monoisotopic (exact) mass is 720 g/mol. The highest BCUT2D eigenvalue weighted by molar-refractivity contribution is 9.10. The molecular formula is C44H34Br2. The van der Waals surface area contributed by atoms with Gasteiger partial charge in [0.25, 0.3) is 0 Å². The zero-order valence-corrected chi connectivity index (χ0v) is 29.1. The van der Waals surface area contributed by atoms with E-state index in [9.17, 15) is 0 Å². The number of aryl methyl sites for hydroxylation is 2. The van der Waals surface area contributed by atoms with Gasteiger partial charge in [-0.1, -0.05) is 184 Å². The summed E-state index contributed by atoms with van der Waals surface area (Å²) in [6.45, 7) is 4.37. The van der Waals surface area contributed by atoms with Crippen LogP contribution in [-0.2, 0) is 5.41 Å². The predicted octanol–water partition coefficient (Wildman–Crippen LogP) is 12.6. The fourth-order valence-corrected chi connectivity index (χ4v) is 7.70. The lowest BCUT2D eigenvalue weighted by Gasteiger charge is -2.48. The minimum Gasteiger partial charge on any atom is -0.0669 e. The van der Waals surface area contributed by atoms with Crippen LogP contribution in [0.1, 0.15) is 50.4 Å². The molecule has 2 atom stereocenters. The lowest BCUT2D eigenvalue weighted by molar-refractivity contribution is 0.586. The van der Waals surface area contributed by atoms with Gasteiger partial charge in [0, 0.05) is 14.9 Å². The third-order valence-electron chi connectivity index (χ3n) is 9.31. The SMILES string of the molecule is Cc1cc(C2=CC(c3ccccc3)C(c3ccccc3)(c3ccc(Br)c(C)c3)C(c3ccccc3)=C2c2ccccc2)ccc1Br. The van der Waals surface area contributed by atoms with Gasteiger partial charge >= 0.3 is 0 Å². The Kier molecular flexibility index (Phi) is 8.51. The highest BCUT2D eigenvalue weighted by Gasteiger charge is 2.50. The Hall–Kier alpha value is -4.24. The van der Waals surface area contributed by atoms with Crippen LogP contribution in [0.5, 0.6) is 0 Å². The molecule has 6 aromatic rings. The molecule has 0 bridgehead atoms. The first-order valence-electron chi connectivity index (χ1n) is 15.7. The predicted molar refractivity (Wildman–Crippen MR) is 202 cm³/mol. The van der Waals surface area contributed by atoms with Crippen LogP contribution in [0.15, 0.2) is 173 Å². The molecule has 0 saturated carbocycles. The molecule has 0 aliphatic heterocycles. The van der Waals surface area contributed by atoms with Gasteiger partial charge in [0.2, 0.25) is 0 Å². The molecule has 0 nitrogen and oxygen atoms in total. The maximum atomic E-state index is 3.82. The second kappa shape index (κ2) is 12.9. The van der Waals surface area contributed by atoms with E-state index in [0.29, 0.717) is 0 Å². The molecule has 2 heteroatoms. The Morgan fingerprint density at radius 1 is 0.478 bits per heavy atom. The van der Waals surface area contributed by atoms with Gasteiger partial charge in [-0.3, -0.25) is 0 Å². The molecule has 0 spiro atoms. The van der Waals surface area contributed by atoms with E-state index >= 15 is 0 Å². The second-order valence-electron chi connectivity index (χ2n) is 12.1. The van der Waals surface area contributed by atoms with Gasteiger partial charge in [0.15, 0.2) is 0 Å². The van der Waals surface area contributed by atoms with Gasteiger partial charge < -0.3 is 0 Å². The molecule has 46 heavy (non-hydrogen) atoms. The molecule has 0 aromatic heterocycles. The number of halogens is 2. The van der Waals surface area contributed by atoms with Crippen LogP contribution in [-0.4, -0.2) is 0 Å². The summed E-state index contributed by atoms with van der Waals surface area (Å²) in [6.07, 6.45) is 2.55. The fraction of sp³-hybridized carbons (Fsp3) is 0.0909. The van der Waals surface area contributed by atoms with Gasteiger partial charge in [-0.2, -0.15) is 0 Å². The number of hydrogen-bond donors (Lipinski definition) is 0. The lowest BCUT2D eigenvalue weighted by Crippen LogP contribution is -2.39. The van der Waals surface area contributed by atoms with Crippen LogP contribution in [0.25, 0.3) is 16.7 Å². The highest BCUT2D eigenvalue weighted by Crippen LogP contribution is 2.61. The zero-order valence-electron chi connectivity index (χ0n) is 25.9. The summed E-state index contributed by atoms with van der Waals surface area (Å²) >= 11 is 7.59. The van der Waals surface area contributed by atoms with Gasteiger partial charge in [0.1, 0.15) is 0 Å².